The van der Waals surface area contributed by atoms with Crippen molar-refractivity contribution in [1.29, 1.82) is 0 Å². The molecule has 1 aliphatic rings. The summed E-state index contributed by atoms with van der Waals surface area (Å²) in [6, 6.07) is 14.7. The highest BCUT2D eigenvalue weighted by molar-refractivity contribution is 5.83. The van der Waals surface area contributed by atoms with Crippen molar-refractivity contribution in [3.05, 3.63) is 65.0 Å². The van der Waals surface area contributed by atoms with Gasteiger partial charge in [0.05, 0.1) is 6.54 Å². The lowest BCUT2D eigenvalue weighted by Gasteiger charge is -2.33. The Morgan fingerprint density at radius 1 is 1.19 bits per heavy atom. The number of carbonyl (C=O) groups is 2. The summed E-state index contributed by atoms with van der Waals surface area (Å²) in [5, 5.41) is 2.60. The number of benzene rings is 1. The van der Waals surface area contributed by atoms with Gasteiger partial charge in [0.25, 0.3) is 0 Å². The van der Waals surface area contributed by atoms with E-state index >= 15 is 0 Å². The molecule has 27 heavy (non-hydrogen) atoms. The van der Waals surface area contributed by atoms with Gasteiger partial charge in [0.2, 0.25) is 11.8 Å². The first-order valence-corrected chi connectivity index (χ1v) is 9.55. The first-order chi connectivity index (χ1) is 13.0. The van der Waals surface area contributed by atoms with Crippen LogP contribution in [0.5, 0.6) is 0 Å². The number of nitrogens with one attached hydrogen (secondary N) is 1. The molecule has 3 rings (SSSR count). The van der Waals surface area contributed by atoms with Crippen LogP contribution in [-0.2, 0) is 16.0 Å². The molecule has 1 aromatic heterocycles. The maximum Gasteiger partial charge on any atom is 0.241 e. The number of nitrogens with zero attached hydrogens (tertiary/aromatic N) is 2. The number of pyridine rings is 1. The van der Waals surface area contributed by atoms with Crippen molar-refractivity contribution >= 4 is 11.8 Å². The van der Waals surface area contributed by atoms with E-state index < -0.39 is 0 Å². The van der Waals surface area contributed by atoms with Crippen LogP contribution in [0.25, 0.3) is 0 Å². The Kier molecular flexibility index (Phi) is 6.22. The predicted molar refractivity (Wildman–Crippen MR) is 105 cm³/mol. The van der Waals surface area contributed by atoms with Crippen LogP contribution in [0, 0.1) is 6.92 Å². The van der Waals surface area contributed by atoms with Crippen LogP contribution in [-0.4, -0.2) is 41.3 Å². The average molecular weight is 365 g/mol. The highest BCUT2D eigenvalue weighted by Crippen LogP contribution is 2.27. The molecule has 1 fully saturated rings. The van der Waals surface area contributed by atoms with Gasteiger partial charge >= 0.3 is 0 Å². The van der Waals surface area contributed by atoms with Gasteiger partial charge in [-0.25, -0.2) is 0 Å². The molecule has 0 bridgehead atoms. The van der Waals surface area contributed by atoms with Gasteiger partial charge in [0.1, 0.15) is 0 Å². The van der Waals surface area contributed by atoms with E-state index in [4.69, 9.17) is 4.98 Å². The van der Waals surface area contributed by atoms with Crippen LogP contribution in [0.15, 0.2) is 42.5 Å². The van der Waals surface area contributed by atoms with E-state index in [0.29, 0.717) is 6.54 Å². The number of carbonyl (C=O) groups excluding carboxylic acids is 2. The zero-order valence-corrected chi connectivity index (χ0v) is 16.1. The summed E-state index contributed by atoms with van der Waals surface area (Å²) in [6.45, 7) is 4.94. The lowest BCUT2D eigenvalue weighted by atomic mass is 9.92. The fraction of sp³-hybridized carbons (Fsp3) is 0.409. The summed E-state index contributed by atoms with van der Waals surface area (Å²) >= 11 is 0. The van der Waals surface area contributed by atoms with E-state index in [0.717, 1.165) is 37.2 Å². The van der Waals surface area contributed by atoms with Crippen LogP contribution >= 0.6 is 0 Å². The number of hydrogen-bond acceptors (Lipinski definition) is 3. The van der Waals surface area contributed by atoms with E-state index in [9.17, 15) is 9.59 Å². The molecule has 0 spiro atoms. The minimum atomic E-state index is -0.178. The lowest BCUT2D eigenvalue weighted by Crippen LogP contribution is -2.44. The smallest absolute Gasteiger partial charge is 0.241 e. The molecule has 2 aromatic rings. The van der Waals surface area contributed by atoms with Crippen molar-refractivity contribution in [2.45, 2.75) is 39.0 Å². The van der Waals surface area contributed by atoms with Gasteiger partial charge in [-0.3, -0.25) is 14.6 Å². The number of aryl methyl sites for hydroxylation is 1. The normalized spacial score (nSPS) is 16.8. The minimum absolute atomic E-state index is 0.0212. The van der Waals surface area contributed by atoms with Gasteiger partial charge in [-0.05, 0) is 49.4 Å². The second-order valence-corrected chi connectivity index (χ2v) is 7.29. The molecule has 1 aromatic carbocycles. The van der Waals surface area contributed by atoms with Crippen molar-refractivity contribution in [2.24, 2.45) is 0 Å². The predicted octanol–water partition coefficient (Wildman–Crippen LogP) is 2.82. The van der Waals surface area contributed by atoms with Crippen molar-refractivity contribution in [2.75, 3.05) is 19.6 Å². The lowest BCUT2D eigenvalue weighted by molar-refractivity contribution is -0.133. The first kappa shape index (κ1) is 19.1. The van der Waals surface area contributed by atoms with E-state index in [2.05, 4.69) is 41.7 Å². The molecule has 5 heteroatoms. The third-order valence-electron chi connectivity index (χ3n) is 4.97. The Morgan fingerprint density at radius 3 is 2.70 bits per heavy atom. The molecule has 1 atom stereocenters. The van der Waals surface area contributed by atoms with E-state index in [1.165, 1.54) is 18.1 Å². The minimum Gasteiger partial charge on any atom is -0.347 e. The second kappa shape index (κ2) is 8.80. The zero-order chi connectivity index (χ0) is 19.2. The maximum absolute atomic E-state index is 12.3. The summed E-state index contributed by atoms with van der Waals surface area (Å²) in [7, 11) is 0. The van der Waals surface area contributed by atoms with Crippen LogP contribution in [0.4, 0.5) is 0 Å². The number of likely N-dealkylation sites (tertiary alicyclic amines) is 1. The van der Waals surface area contributed by atoms with Crippen molar-refractivity contribution in [3.63, 3.8) is 0 Å². The van der Waals surface area contributed by atoms with Crippen LogP contribution in [0.2, 0.25) is 0 Å². The highest BCUT2D eigenvalue weighted by Gasteiger charge is 2.26. The highest BCUT2D eigenvalue weighted by atomic mass is 16.2. The molecule has 2 heterocycles. The van der Waals surface area contributed by atoms with E-state index in [1.807, 2.05) is 17.9 Å². The fourth-order valence-corrected chi connectivity index (χ4v) is 3.67. The summed E-state index contributed by atoms with van der Waals surface area (Å²) < 4.78 is 0. The standard InChI is InChI=1S/C22H27N3O2/c1-16-11-19(12-18-7-4-3-5-8-18)13-21(24-16)20-9-6-10-25(15-20)22(27)14-23-17(2)26/h3-5,7-8,11,13,20H,6,9-10,12,14-15H2,1-2H3,(H,23,26)/t20-/m1/s1. The van der Waals surface area contributed by atoms with Gasteiger partial charge < -0.3 is 10.2 Å². The molecule has 5 nitrogen and oxygen atoms in total. The third-order valence-corrected chi connectivity index (χ3v) is 4.97. The molecule has 1 N–H and O–H groups in total. The Hall–Kier alpha value is -2.69. The van der Waals surface area contributed by atoms with Gasteiger partial charge in [-0.2, -0.15) is 0 Å². The SMILES string of the molecule is CC(=O)NCC(=O)N1CCC[C@@H](c2cc(Cc3ccccc3)cc(C)n2)C1. The number of piperidine rings is 1. The Balaban J connectivity index is 1.71. The molecule has 0 unspecified atom stereocenters. The number of amides is 2. The molecule has 0 aliphatic carbocycles. The van der Waals surface area contributed by atoms with Crippen molar-refractivity contribution in [1.82, 2.24) is 15.2 Å². The first-order valence-electron chi connectivity index (χ1n) is 9.55. The molecular weight excluding hydrogens is 338 g/mol. The van der Waals surface area contributed by atoms with E-state index in [-0.39, 0.29) is 24.3 Å². The number of rotatable bonds is 5. The van der Waals surface area contributed by atoms with Crippen LogP contribution in [0.3, 0.4) is 0 Å². The molecule has 1 saturated heterocycles. The molecule has 0 saturated carbocycles. The molecular formula is C22H27N3O2. The van der Waals surface area contributed by atoms with E-state index in [1.54, 1.807) is 0 Å². The maximum atomic E-state index is 12.3. The second-order valence-electron chi connectivity index (χ2n) is 7.29. The van der Waals surface area contributed by atoms with Gasteiger partial charge in [-0.1, -0.05) is 30.3 Å². The van der Waals surface area contributed by atoms with Crippen LogP contribution in [0.1, 0.15) is 48.2 Å². The molecule has 0 radical (unpaired) electrons. The van der Waals surface area contributed by atoms with Crippen molar-refractivity contribution < 1.29 is 9.59 Å². The number of hydrogen-bond donors (Lipinski definition) is 1. The fourth-order valence-electron chi connectivity index (χ4n) is 3.67. The molecule has 1 aliphatic heterocycles. The topological polar surface area (TPSA) is 62.3 Å². The van der Waals surface area contributed by atoms with Crippen molar-refractivity contribution in [3.8, 4) is 0 Å². The van der Waals surface area contributed by atoms with Gasteiger partial charge in [-0.15, -0.1) is 0 Å². The Bertz CT molecular complexity index is 804. The Labute approximate surface area is 160 Å². The quantitative estimate of drug-likeness (QED) is 0.886. The Morgan fingerprint density at radius 2 is 1.96 bits per heavy atom. The van der Waals surface area contributed by atoms with Crippen LogP contribution < -0.4 is 5.32 Å². The average Bonchev–Trinajstić information content (AvgIpc) is 2.66. The summed E-state index contributed by atoms with van der Waals surface area (Å²) in [5.74, 6) is 0.0457. The summed E-state index contributed by atoms with van der Waals surface area (Å²) in [4.78, 5) is 30.0. The third kappa shape index (κ3) is 5.39. The monoisotopic (exact) mass is 365 g/mol. The van der Waals surface area contributed by atoms with Gasteiger partial charge in [0, 0.05) is 37.3 Å². The zero-order valence-electron chi connectivity index (χ0n) is 16.1. The summed E-state index contributed by atoms with van der Waals surface area (Å²) in [6.07, 6.45) is 2.88. The largest absolute Gasteiger partial charge is 0.347 e. The molecule has 2 amide bonds. The number of aromatic nitrogens is 1. The molecule has 142 valence electrons. The van der Waals surface area contributed by atoms with Gasteiger partial charge in [0.15, 0.2) is 0 Å². The summed E-state index contributed by atoms with van der Waals surface area (Å²) in [5.41, 5.74) is 4.62.